The van der Waals surface area contributed by atoms with Gasteiger partial charge in [-0.1, -0.05) is 13.8 Å². The minimum Gasteiger partial charge on any atom is -0.481 e. The molecule has 1 rings (SSSR count). The largest absolute Gasteiger partial charge is 0.481 e. The zero-order chi connectivity index (χ0) is 20.6. The van der Waals surface area contributed by atoms with Gasteiger partial charge in [0.2, 0.25) is 11.8 Å². The Hall–Kier alpha value is -2.95. The third-order valence-corrected chi connectivity index (χ3v) is 3.85. The molecule has 27 heavy (non-hydrogen) atoms. The normalized spacial score (nSPS) is 14.2. The van der Waals surface area contributed by atoms with Crippen molar-refractivity contribution in [2.45, 2.75) is 51.2 Å². The Labute approximate surface area is 155 Å². The second kappa shape index (κ2) is 10.3. The van der Waals surface area contributed by atoms with Crippen LogP contribution in [0.4, 0.5) is 0 Å². The summed E-state index contributed by atoms with van der Waals surface area (Å²) in [4.78, 5) is 53.2. The molecule has 0 spiro atoms. The monoisotopic (exact) mass is 383 g/mol. The van der Waals surface area contributed by atoms with Crippen LogP contribution < -0.4 is 16.4 Å². The minimum atomic E-state index is -1.23. The van der Waals surface area contributed by atoms with Gasteiger partial charge >= 0.3 is 11.9 Å². The molecule has 1 heterocycles. The van der Waals surface area contributed by atoms with Gasteiger partial charge in [-0.15, -0.1) is 0 Å². The van der Waals surface area contributed by atoms with Crippen LogP contribution in [0, 0.1) is 5.92 Å². The Morgan fingerprint density at radius 3 is 2.33 bits per heavy atom. The maximum absolute atomic E-state index is 12.5. The highest BCUT2D eigenvalue weighted by Crippen LogP contribution is 2.06. The van der Waals surface area contributed by atoms with Crippen molar-refractivity contribution in [3.63, 3.8) is 0 Å². The molecule has 0 radical (unpaired) electrons. The van der Waals surface area contributed by atoms with Crippen LogP contribution in [0.3, 0.4) is 0 Å². The van der Waals surface area contributed by atoms with Crippen LogP contribution in [0.25, 0.3) is 0 Å². The molecule has 7 N–H and O–H groups in total. The molecule has 0 aliphatic rings. The number of nitrogens with zero attached hydrogens (tertiary/aromatic N) is 1. The topological polar surface area (TPSA) is 188 Å². The summed E-state index contributed by atoms with van der Waals surface area (Å²) in [5, 5.41) is 22.8. The van der Waals surface area contributed by atoms with Gasteiger partial charge in [0.05, 0.1) is 12.4 Å². The van der Waals surface area contributed by atoms with Gasteiger partial charge in [-0.3, -0.25) is 14.4 Å². The predicted molar refractivity (Wildman–Crippen MR) is 93.5 cm³/mol. The molecular weight excluding hydrogens is 358 g/mol. The van der Waals surface area contributed by atoms with Gasteiger partial charge in [0.15, 0.2) is 0 Å². The molecule has 11 heteroatoms. The Morgan fingerprint density at radius 2 is 1.85 bits per heavy atom. The number of H-pyrrole nitrogens is 1. The maximum atomic E-state index is 12.5. The lowest BCUT2D eigenvalue weighted by atomic mass is 10.0. The Balaban J connectivity index is 2.74. The Bertz CT molecular complexity index is 660. The number of nitrogens with two attached hydrogens (primary N) is 1. The van der Waals surface area contributed by atoms with Gasteiger partial charge in [-0.2, -0.15) is 0 Å². The molecule has 0 fully saturated rings. The van der Waals surface area contributed by atoms with Crippen molar-refractivity contribution in [1.29, 1.82) is 0 Å². The molecule has 0 saturated carbocycles. The average Bonchev–Trinajstić information content (AvgIpc) is 3.09. The first-order valence-electron chi connectivity index (χ1n) is 8.40. The number of aromatic amines is 1. The molecule has 1 aromatic heterocycles. The van der Waals surface area contributed by atoms with E-state index in [-0.39, 0.29) is 25.2 Å². The number of carbonyl (C=O) groups is 4. The van der Waals surface area contributed by atoms with E-state index in [1.54, 1.807) is 13.8 Å². The smallest absolute Gasteiger partial charge is 0.326 e. The number of hydrogen-bond donors (Lipinski definition) is 6. The number of carbonyl (C=O) groups excluding carboxylic acids is 2. The Morgan fingerprint density at radius 1 is 1.19 bits per heavy atom. The number of aromatic nitrogens is 2. The van der Waals surface area contributed by atoms with Crippen LogP contribution in [-0.2, 0) is 25.6 Å². The zero-order valence-electron chi connectivity index (χ0n) is 15.1. The van der Waals surface area contributed by atoms with Gasteiger partial charge in [-0.05, 0) is 12.3 Å². The number of rotatable bonds is 11. The molecule has 3 atom stereocenters. The van der Waals surface area contributed by atoms with Gasteiger partial charge in [-0.25, -0.2) is 9.78 Å². The fourth-order valence-electron chi connectivity index (χ4n) is 2.28. The molecule has 0 aromatic carbocycles. The van der Waals surface area contributed by atoms with E-state index >= 15 is 0 Å². The summed E-state index contributed by atoms with van der Waals surface area (Å²) >= 11 is 0. The standard InChI is InChI=1S/C16H25N5O6/c1-8(2)13(21-14(24)10(17)3-4-12(22)23)15(25)20-11(16(26)27)5-9-6-18-7-19-9/h6-8,10-11,13H,3-5,17H2,1-2H3,(H,18,19)(H,20,25)(H,21,24)(H,22,23)(H,26,27)/t10-,11-,13-/m0/s1. The molecule has 2 amide bonds. The lowest BCUT2D eigenvalue weighted by molar-refractivity contribution is -0.142. The number of imidazole rings is 1. The first-order valence-corrected chi connectivity index (χ1v) is 8.40. The summed E-state index contributed by atoms with van der Waals surface area (Å²) in [5.74, 6) is -4.01. The molecule has 1 aromatic rings. The fraction of sp³-hybridized carbons (Fsp3) is 0.562. The molecule has 0 aliphatic carbocycles. The van der Waals surface area contributed by atoms with Gasteiger partial charge < -0.3 is 31.6 Å². The highest BCUT2D eigenvalue weighted by atomic mass is 16.4. The number of carboxylic acids is 2. The number of aliphatic carboxylic acids is 2. The first-order chi connectivity index (χ1) is 12.6. The summed E-state index contributed by atoms with van der Waals surface area (Å²) < 4.78 is 0. The number of hydrogen-bond acceptors (Lipinski definition) is 6. The summed E-state index contributed by atoms with van der Waals surface area (Å²) in [6, 6.07) is -3.32. The molecule has 0 bridgehead atoms. The van der Waals surface area contributed by atoms with E-state index in [2.05, 4.69) is 20.6 Å². The fourth-order valence-corrected chi connectivity index (χ4v) is 2.28. The number of carboxylic acid groups (broad SMARTS) is 2. The highest BCUT2D eigenvalue weighted by Gasteiger charge is 2.30. The van der Waals surface area contributed by atoms with Crippen LogP contribution in [-0.4, -0.2) is 62.1 Å². The third kappa shape index (κ3) is 7.44. The summed E-state index contributed by atoms with van der Waals surface area (Å²) in [5.41, 5.74) is 6.17. The van der Waals surface area contributed by atoms with Crippen LogP contribution in [0.1, 0.15) is 32.4 Å². The quantitative estimate of drug-likeness (QED) is 0.276. The summed E-state index contributed by atoms with van der Waals surface area (Å²) in [7, 11) is 0. The summed E-state index contributed by atoms with van der Waals surface area (Å²) in [6.07, 6.45) is 2.48. The van der Waals surface area contributed by atoms with Crippen molar-refractivity contribution in [2.75, 3.05) is 0 Å². The van der Waals surface area contributed by atoms with Crippen LogP contribution >= 0.6 is 0 Å². The SMILES string of the molecule is CC(C)[C@H](NC(=O)[C@@H](N)CCC(=O)O)C(=O)N[C@@H](Cc1cnc[nH]1)C(=O)O. The molecule has 0 aliphatic heterocycles. The van der Waals surface area contributed by atoms with E-state index in [4.69, 9.17) is 10.8 Å². The van der Waals surface area contributed by atoms with Crippen LogP contribution in [0.15, 0.2) is 12.5 Å². The molecule has 0 unspecified atom stereocenters. The van der Waals surface area contributed by atoms with Crippen molar-refractivity contribution in [3.05, 3.63) is 18.2 Å². The molecule has 0 saturated heterocycles. The maximum Gasteiger partial charge on any atom is 0.326 e. The van der Waals surface area contributed by atoms with E-state index in [1.165, 1.54) is 12.5 Å². The predicted octanol–water partition coefficient (Wildman–Crippen LogP) is -1.15. The van der Waals surface area contributed by atoms with Gasteiger partial charge in [0.1, 0.15) is 12.1 Å². The van der Waals surface area contributed by atoms with Crippen molar-refractivity contribution in [1.82, 2.24) is 20.6 Å². The van der Waals surface area contributed by atoms with Crippen molar-refractivity contribution in [3.8, 4) is 0 Å². The van der Waals surface area contributed by atoms with Crippen molar-refractivity contribution in [2.24, 2.45) is 11.7 Å². The van der Waals surface area contributed by atoms with E-state index in [0.717, 1.165) is 0 Å². The van der Waals surface area contributed by atoms with E-state index in [9.17, 15) is 24.3 Å². The molecule has 150 valence electrons. The second-order valence-corrected chi connectivity index (χ2v) is 6.45. The Kier molecular flexibility index (Phi) is 8.39. The lowest BCUT2D eigenvalue weighted by Gasteiger charge is -2.25. The second-order valence-electron chi connectivity index (χ2n) is 6.45. The average molecular weight is 383 g/mol. The number of amides is 2. The van der Waals surface area contributed by atoms with Crippen LogP contribution in [0.5, 0.6) is 0 Å². The molecule has 11 nitrogen and oxygen atoms in total. The zero-order valence-corrected chi connectivity index (χ0v) is 15.1. The summed E-state index contributed by atoms with van der Waals surface area (Å²) in [6.45, 7) is 3.36. The van der Waals surface area contributed by atoms with Crippen molar-refractivity contribution >= 4 is 23.8 Å². The third-order valence-electron chi connectivity index (χ3n) is 3.85. The van der Waals surface area contributed by atoms with E-state index in [1.807, 2.05) is 0 Å². The van der Waals surface area contributed by atoms with Gasteiger partial charge in [0.25, 0.3) is 0 Å². The van der Waals surface area contributed by atoms with Crippen molar-refractivity contribution < 1.29 is 29.4 Å². The minimum absolute atomic E-state index is 0.00202. The van der Waals surface area contributed by atoms with E-state index < -0.39 is 41.9 Å². The van der Waals surface area contributed by atoms with Crippen LogP contribution in [0.2, 0.25) is 0 Å². The number of nitrogens with one attached hydrogen (secondary N) is 3. The molecular formula is C16H25N5O6. The van der Waals surface area contributed by atoms with Gasteiger partial charge in [0, 0.05) is 24.7 Å². The lowest BCUT2D eigenvalue weighted by Crippen LogP contribution is -2.56. The van der Waals surface area contributed by atoms with E-state index in [0.29, 0.717) is 5.69 Å². The first kappa shape index (κ1) is 22.1. The highest BCUT2D eigenvalue weighted by molar-refractivity contribution is 5.92.